The Balaban J connectivity index is 1.86. The van der Waals surface area contributed by atoms with Gasteiger partial charge >= 0.3 is 5.69 Å². The molecule has 0 bridgehead atoms. The third-order valence-electron chi connectivity index (χ3n) is 4.33. The Labute approximate surface area is 167 Å². The second kappa shape index (κ2) is 6.80. The van der Waals surface area contributed by atoms with Gasteiger partial charge in [-0.25, -0.2) is 9.89 Å². The maximum Gasteiger partial charge on any atom is 0.332 e. The lowest BCUT2D eigenvalue weighted by molar-refractivity contribution is 0.655. The zero-order chi connectivity index (χ0) is 20.0. The van der Waals surface area contributed by atoms with Crippen LogP contribution in [0.5, 0.6) is 0 Å². The summed E-state index contributed by atoms with van der Waals surface area (Å²) in [5.74, 6) is 0.700. The van der Waals surface area contributed by atoms with E-state index in [1.165, 1.54) is 10.9 Å². The second-order valence-electron chi connectivity index (χ2n) is 6.11. The summed E-state index contributed by atoms with van der Waals surface area (Å²) < 4.78 is 4.01. The van der Waals surface area contributed by atoms with Crippen molar-refractivity contribution in [2.75, 3.05) is 5.32 Å². The quantitative estimate of drug-likeness (QED) is 0.518. The van der Waals surface area contributed by atoms with Gasteiger partial charge in [0, 0.05) is 14.1 Å². The zero-order valence-electron chi connectivity index (χ0n) is 14.8. The Morgan fingerprint density at radius 1 is 1.14 bits per heavy atom. The number of hydrogen-bond acceptors (Lipinski definition) is 6. The molecule has 0 aliphatic rings. The largest absolute Gasteiger partial charge is 0.332 e. The number of nitrogens with one attached hydrogen (secondary N) is 2. The number of hydrogen-bond donors (Lipinski definition) is 2. The van der Waals surface area contributed by atoms with Crippen LogP contribution >= 0.6 is 23.2 Å². The molecule has 0 aliphatic carbocycles. The Bertz CT molecular complexity index is 1300. The Morgan fingerprint density at radius 2 is 1.93 bits per heavy atom. The molecular formula is C16H14Cl2N8O2. The van der Waals surface area contributed by atoms with Crippen molar-refractivity contribution in [1.82, 2.24) is 33.9 Å². The van der Waals surface area contributed by atoms with E-state index in [4.69, 9.17) is 23.2 Å². The number of H-pyrrole nitrogens is 1. The van der Waals surface area contributed by atoms with Crippen LogP contribution in [0.4, 0.5) is 11.9 Å². The first-order valence-electron chi connectivity index (χ1n) is 8.09. The number of anilines is 2. The first-order chi connectivity index (χ1) is 13.4. The van der Waals surface area contributed by atoms with Gasteiger partial charge in [-0.1, -0.05) is 29.3 Å². The van der Waals surface area contributed by atoms with Crippen LogP contribution in [0.2, 0.25) is 10.0 Å². The molecule has 1 aromatic carbocycles. The molecule has 4 rings (SSSR count). The number of aromatic amines is 1. The predicted molar refractivity (Wildman–Crippen MR) is 105 cm³/mol. The lowest BCUT2D eigenvalue weighted by Crippen LogP contribution is -2.39. The van der Waals surface area contributed by atoms with Crippen molar-refractivity contribution in [2.45, 2.75) is 6.54 Å². The Hall–Kier alpha value is -3.11. The van der Waals surface area contributed by atoms with Gasteiger partial charge in [0.15, 0.2) is 11.2 Å². The molecule has 2 N–H and O–H groups in total. The van der Waals surface area contributed by atoms with E-state index in [0.29, 0.717) is 27.5 Å². The second-order valence-corrected chi connectivity index (χ2v) is 6.92. The highest BCUT2D eigenvalue weighted by Crippen LogP contribution is 2.23. The van der Waals surface area contributed by atoms with E-state index in [2.05, 4.69) is 25.5 Å². The number of halogens is 2. The van der Waals surface area contributed by atoms with Gasteiger partial charge < -0.3 is 4.57 Å². The highest BCUT2D eigenvalue weighted by molar-refractivity contribution is 6.42. The molecule has 0 saturated heterocycles. The SMILES string of the molecule is Cn1c(Nc2ncn[nH]2)nc2c1c(=O)n(Cc1ccc(Cl)c(Cl)c1)c(=O)n2C. The lowest BCUT2D eigenvalue weighted by Gasteiger charge is -2.09. The summed E-state index contributed by atoms with van der Waals surface area (Å²) in [4.78, 5) is 34.2. The minimum Gasteiger partial charge on any atom is -0.307 e. The molecular weight excluding hydrogens is 407 g/mol. The van der Waals surface area contributed by atoms with Crippen LogP contribution in [0.1, 0.15) is 5.56 Å². The molecule has 0 fully saturated rings. The third kappa shape index (κ3) is 2.96. The number of nitrogens with zero attached hydrogens (tertiary/aromatic N) is 6. The molecule has 10 nitrogen and oxygen atoms in total. The third-order valence-corrected chi connectivity index (χ3v) is 5.07. The van der Waals surface area contributed by atoms with Crippen LogP contribution < -0.4 is 16.6 Å². The number of aromatic nitrogens is 7. The summed E-state index contributed by atoms with van der Waals surface area (Å²) in [6.07, 6.45) is 1.34. The smallest absolute Gasteiger partial charge is 0.307 e. The molecule has 0 saturated carbocycles. The van der Waals surface area contributed by atoms with Crippen molar-refractivity contribution in [1.29, 1.82) is 0 Å². The fourth-order valence-electron chi connectivity index (χ4n) is 2.89. The average Bonchev–Trinajstić information content (AvgIpc) is 3.29. The van der Waals surface area contributed by atoms with Crippen molar-refractivity contribution in [2.24, 2.45) is 14.1 Å². The van der Waals surface area contributed by atoms with E-state index in [-0.39, 0.29) is 17.7 Å². The van der Waals surface area contributed by atoms with Crippen LogP contribution in [-0.4, -0.2) is 33.9 Å². The van der Waals surface area contributed by atoms with Gasteiger partial charge in [0.25, 0.3) is 5.56 Å². The molecule has 12 heteroatoms. The van der Waals surface area contributed by atoms with Gasteiger partial charge in [-0.05, 0) is 17.7 Å². The zero-order valence-corrected chi connectivity index (χ0v) is 16.3. The van der Waals surface area contributed by atoms with E-state index in [9.17, 15) is 9.59 Å². The average molecular weight is 421 g/mol. The van der Waals surface area contributed by atoms with Gasteiger partial charge in [-0.2, -0.15) is 15.1 Å². The van der Waals surface area contributed by atoms with E-state index in [0.717, 1.165) is 4.57 Å². The van der Waals surface area contributed by atoms with Crippen molar-refractivity contribution in [3.63, 3.8) is 0 Å². The molecule has 0 spiro atoms. The standard InChI is InChI=1S/C16H14Cl2N8O2/c1-24-11-12(21-15(24)22-14-19-7-20-23-14)25(2)16(28)26(13(11)27)6-8-3-4-9(17)10(18)5-8/h3-5,7H,6H2,1-2H3,(H2,19,20,21,22,23). The molecule has 4 aromatic rings. The highest BCUT2D eigenvalue weighted by Gasteiger charge is 2.19. The first-order valence-corrected chi connectivity index (χ1v) is 8.85. The summed E-state index contributed by atoms with van der Waals surface area (Å²) in [5, 5.41) is 10.1. The number of fused-ring (bicyclic) bond motifs is 1. The van der Waals surface area contributed by atoms with Crippen molar-refractivity contribution < 1.29 is 0 Å². The molecule has 3 heterocycles. The maximum atomic E-state index is 13.1. The fraction of sp³-hybridized carbons (Fsp3) is 0.188. The van der Waals surface area contributed by atoms with Crippen LogP contribution in [-0.2, 0) is 20.6 Å². The van der Waals surface area contributed by atoms with Gasteiger partial charge in [0.2, 0.25) is 11.9 Å². The Kier molecular flexibility index (Phi) is 4.44. The van der Waals surface area contributed by atoms with Crippen molar-refractivity contribution >= 4 is 46.3 Å². The number of imidazole rings is 1. The van der Waals surface area contributed by atoms with Gasteiger partial charge in [0.1, 0.15) is 6.33 Å². The normalized spacial score (nSPS) is 11.3. The summed E-state index contributed by atoms with van der Waals surface area (Å²) in [7, 11) is 3.23. The van der Waals surface area contributed by atoms with Gasteiger partial charge in [-0.15, -0.1) is 0 Å². The predicted octanol–water partition coefficient (Wildman–Crippen LogP) is 1.65. The summed E-state index contributed by atoms with van der Waals surface area (Å²) in [5.41, 5.74) is 0.238. The number of aryl methyl sites for hydroxylation is 2. The Morgan fingerprint density at radius 3 is 2.61 bits per heavy atom. The molecule has 0 amide bonds. The number of rotatable bonds is 4. The van der Waals surface area contributed by atoms with Gasteiger partial charge in [0.05, 0.1) is 16.6 Å². The minimum atomic E-state index is -0.493. The van der Waals surface area contributed by atoms with Gasteiger partial charge in [-0.3, -0.25) is 19.2 Å². The topological polar surface area (TPSA) is 115 Å². The van der Waals surface area contributed by atoms with E-state index in [1.54, 1.807) is 36.9 Å². The summed E-state index contributed by atoms with van der Waals surface area (Å²) in [6.45, 7) is 0.0500. The molecule has 28 heavy (non-hydrogen) atoms. The lowest BCUT2D eigenvalue weighted by atomic mass is 10.2. The van der Waals surface area contributed by atoms with Crippen molar-refractivity contribution in [3.05, 3.63) is 61.0 Å². The van der Waals surface area contributed by atoms with Crippen LogP contribution in [0.25, 0.3) is 11.2 Å². The first kappa shape index (κ1) is 18.3. The van der Waals surface area contributed by atoms with Crippen LogP contribution in [0, 0.1) is 0 Å². The summed E-state index contributed by atoms with van der Waals surface area (Å²) >= 11 is 12.0. The molecule has 0 unspecified atom stereocenters. The van der Waals surface area contributed by atoms with E-state index >= 15 is 0 Å². The van der Waals surface area contributed by atoms with Crippen molar-refractivity contribution in [3.8, 4) is 0 Å². The maximum absolute atomic E-state index is 13.1. The fourth-order valence-corrected chi connectivity index (χ4v) is 3.21. The molecule has 0 atom stereocenters. The molecule has 0 radical (unpaired) electrons. The molecule has 144 valence electrons. The number of benzene rings is 1. The molecule has 0 aliphatic heterocycles. The van der Waals surface area contributed by atoms with E-state index < -0.39 is 11.2 Å². The highest BCUT2D eigenvalue weighted by atomic mass is 35.5. The van der Waals surface area contributed by atoms with Crippen LogP contribution in [0.15, 0.2) is 34.1 Å². The summed E-state index contributed by atoms with van der Waals surface area (Å²) in [6, 6.07) is 4.96. The van der Waals surface area contributed by atoms with Crippen LogP contribution in [0.3, 0.4) is 0 Å². The monoisotopic (exact) mass is 420 g/mol. The molecule has 3 aromatic heterocycles. The minimum absolute atomic E-state index is 0.0500. The van der Waals surface area contributed by atoms with E-state index in [1.807, 2.05) is 0 Å².